The highest BCUT2D eigenvalue weighted by Gasteiger charge is 2.26. The van der Waals surface area contributed by atoms with E-state index in [9.17, 15) is 8.42 Å². The molecule has 2 aromatic carbocycles. The third-order valence-corrected chi connectivity index (χ3v) is 9.48. The number of imidazole rings is 1. The van der Waals surface area contributed by atoms with Crippen molar-refractivity contribution >= 4 is 65.7 Å². The van der Waals surface area contributed by atoms with E-state index >= 15 is 0 Å². The first-order chi connectivity index (χ1) is 14.3. The number of nitrogens with one attached hydrogen (secondary N) is 1. The second-order valence-corrected chi connectivity index (χ2v) is 11.4. The highest BCUT2D eigenvalue weighted by atomic mass is 79.9. The smallest absolute Gasteiger partial charge is 0.208 e. The monoisotopic (exact) mass is 520 g/mol. The summed E-state index contributed by atoms with van der Waals surface area (Å²) in [6, 6.07) is 14.7. The molecular weight excluding hydrogens is 504 g/mol. The number of sulfone groups is 1. The molecule has 0 saturated carbocycles. The van der Waals surface area contributed by atoms with E-state index in [1.807, 2.05) is 34.9 Å². The van der Waals surface area contributed by atoms with Crippen LogP contribution in [0, 0.1) is 5.41 Å². The third-order valence-electron chi connectivity index (χ3n) is 4.55. The zero-order valence-corrected chi connectivity index (χ0v) is 19.8. The van der Waals surface area contributed by atoms with E-state index in [1.165, 1.54) is 29.2 Å². The van der Waals surface area contributed by atoms with Crippen molar-refractivity contribution in [3.63, 3.8) is 0 Å². The molecule has 2 aromatic heterocycles. The lowest BCUT2D eigenvalue weighted by Gasteiger charge is -2.09. The second kappa shape index (κ2) is 8.18. The lowest BCUT2D eigenvalue weighted by Crippen LogP contribution is -2.09. The fraction of sp³-hybridized carbons (Fsp3) is 0.100. The number of hydrogen-bond acceptors (Lipinski definition) is 6. The molecule has 0 aliphatic carbocycles. The van der Waals surface area contributed by atoms with Gasteiger partial charge in [-0.05, 0) is 45.9 Å². The summed E-state index contributed by atoms with van der Waals surface area (Å²) in [6.45, 7) is 0.630. The minimum atomic E-state index is -3.80. The second-order valence-electron chi connectivity index (χ2n) is 6.51. The van der Waals surface area contributed by atoms with E-state index in [-0.39, 0.29) is 15.6 Å². The number of nitrogen functional groups attached to an aromatic ring is 1. The zero-order valence-electron chi connectivity index (χ0n) is 15.8. The van der Waals surface area contributed by atoms with Gasteiger partial charge in [-0.15, -0.1) is 23.1 Å². The molecule has 30 heavy (non-hydrogen) atoms. The maximum absolute atomic E-state index is 13.4. The van der Waals surface area contributed by atoms with Crippen LogP contribution in [-0.2, 0) is 16.4 Å². The Balaban J connectivity index is 1.80. The predicted molar refractivity (Wildman–Crippen MR) is 126 cm³/mol. The quantitative estimate of drug-likeness (QED) is 0.217. The Morgan fingerprint density at radius 3 is 2.67 bits per heavy atom. The molecule has 0 aliphatic rings. The first-order valence-electron chi connectivity index (χ1n) is 8.77. The maximum Gasteiger partial charge on any atom is 0.208 e. The van der Waals surface area contributed by atoms with Crippen LogP contribution < -0.4 is 5.73 Å². The van der Waals surface area contributed by atoms with Crippen LogP contribution in [0.25, 0.3) is 11.0 Å². The summed E-state index contributed by atoms with van der Waals surface area (Å²) >= 11 is 6.07. The van der Waals surface area contributed by atoms with Crippen molar-refractivity contribution in [3.8, 4) is 0 Å². The normalized spacial score (nSPS) is 11.8. The third kappa shape index (κ3) is 3.80. The van der Waals surface area contributed by atoms with Gasteiger partial charge in [0.05, 0.1) is 36.2 Å². The molecule has 0 radical (unpaired) electrons. The average molecular weight is 521 g/mol. The number of thiophene rings is 1. The van der Waals surface area contributed by atoms with Crippen LogP contribution in [0.4, 0.5) is 0 Å². The summed E-state index contributed by atoms with van der Waals surface area (Å²) in [6.07, 6.45) is 3.52. The molecule has 0 atom stereocenters. The van der Waals surface area contributed by atoms with Gasteiger partial charge in [-0.2, -0.15) is 0 Å². The summed E-state index contributed by atoms with van der Waals surface area (Å²) in [5.41, 5.74) is 8.11. The van der Waals surface area contributed by atoms with Gasteiger partial charge in [0.1, 0.15) is 5.84 Å². The van der Waals surface area contributed by atoms with Crippen molar-refractivity contribution in [2.24, 2.45) is 5.73 Å². The molecule has 2 heterocycles. The average Bonchev–Trinajstić information content (AvgIpc) is 3.34. The molecule has 3 N–H and O–H groups in total. The predicted octanol–water partition coefficient (Wildman–Crippen LogP) is 4.75. The van der Waals surface area contributed by atoms with Crippen LogP contribution in [-0.4, -0.2) is 30.1 Å². The molecule has 0 saturated heterocycles. The largest absolute Gasteiger partial charge is 0.383 e. The minimum absolute atomic E-state index is 0.145. The Bertz CT molecular complexity index is 1360. The molecule has 4 rings (SSSR count). The van der Waals surface area contributed by atoms with Crippen molar-refractivity contribution in [3.05, 3.63) is 69.8 Å². The van der Waals surface area contributed by atoms with Crippen LogP contribution in [0.3, 0.4) is 0 Å². The van der Waals surface area contributed by atoms with Crippen molar-refractivity contribution in [1.29, 1.82) is 5.41 Å². The molecule has 0 amide bonds. The Kier molecular flexibility index (Phi) is 5.75. The summed E-state index contributed by atoms with van der Waals surface area (Å²) in [5, 5.41) is 7.63. The van der Waals surface area contributed by atoms with E-state index in [4.69, 9.17) is 11.1 Å². The van der Waals surface area contributed by atoms with Gasteiger partial charge in [-0.3, -0.25) is 5.41 Å². The van der Waals surface area contributed by atoms with E-state index < -0.39 is 9.84 Å². The standard InChI is InChI=1S/C20H17BrN4O2S3/c1-28-20-17(9-16(29-20)19(22)23)30(26,27)13-7-14(21)18-15(8-13)24-11-25(18)10-12-5-3-2-4-6-12/h2-9,11H,10H2,1H3,(H3,22,23). The highest BCUT2D eigenvalue weighted by molar-refractivity contribution is 9.10. The van der Waals surface area contributed by atoms with Crippen LogP contribution in [0.1, 0.15) is 10.4 Å². The summed E-state index contributed by atoms with van der Waals surface area (Å²) in [4.78, 5) is 5.18. The highest BCUT2D eigenvalue weighted by Crippen LogP contribution is 2.38. The van der Waals surface area contributed by atoms with Gasteiger partial charge in [0.2, 0.25) is 9.84 Å². The van der Waals surface area contributed by atoms with Crippen LogP contribution in [0.15, 0.2) is 73.3 Å². The Hall–Kier alpha value is -2.14. The van der Waals surface area contributed by atoms with Crippen LogP contribution in [0.2, 0.25) is 0 Å². The number of fused-ring (bicyclic) bond motifs is 1. The van der Waals surface area contributed by atoms with E-state index in [1.54, 1.807) is 24.7 Å². The number of hydrogen-bond donors (Lipinski definition) is 2. The number of benzene rings is 2. The number of amidine groups is 1. The Labute approximate surface area is 190 Å². The van der Waals surface area contributed by atoms with Gasteiger partial charge in [0.15, 0.2) is 0 Å². The SMILES string of the molecule is CSc1sc(C(=N)N)cc1S(=O)(=O)c1cc(Br)c2c(c1)ncn2Cc1ccccc1. The molecule has 6 nitrogen and oxygen atoms in total. The molecule has 154 valence electrons. The van der Waals surface area contributed by atoms with Gasteiger partial charge >= 0.3 is 0 Å². The fourth-order valence-corrected chi connectivity index (χ4v) is 7.87. The zero-order chi connectivity index (χ0) is 21.5. The fourth-order valence-electron chi connectivity index (χ4n) is 3.13. The maximum atomic E-state index is 13.4. The molecule has 4 aromatic rings. The van der Waals surface area contributed by atoms with Crippen molar-refractivity contribution < 1.29 is 8.42 Å². The number of thioether (sulfide) groups is 1. The lowest BCUT2D eigenvalue weighted by molar-refractivity contribution is 0.595. The molecule has 0 spiro atoms. The number of aromatic nitrogens is 2. The molecule has 0 bridgehead atoms. The van der Waals surface area contributed by atoms with Gasteiger partial charge < -0.3 is 10.3 Å². The number of nitrogens with two attached hydrogens (primary N) is 1. The molecule has 0 unspecified atom stereocenters. The van der Waals surface area contributed by atoms with Gasteiger partial charge in [0, 0.05) is 11.0 Å². The Morgan fingerprint density at radius 2 is 2.00 bits per heavy atom. The summed E-state index contributed by atoms with van der Waals surface area (Å²) < 4.78 is 30.0. The van der Waals surface area contributed by atoms with E-state index in [0.717, 1.165) is 11.1 Å². The van der Waals surface area contributed by atoms with E-state index in [0.29, 0.717) is 25.6 Å². The topological polar surface area (TPSA) is 102 Å². The first kappa shape index (κ1) is 21.1. The number of halogens is 1. The molecule has 0 fully saturated rings. The summed E-state index contributed by atoms with van der Waals surface area (Å²) in [5.74, 6) is -0.145. The van der Waals surface area contributed by atoms with Gasteiger partial charge in [-0.25, -0.2) is 13.4 Å². The van der Waals surface area contributed by atoms with Crippen molar-refractivity contribution in [2.75, 3.05) is 6.26 Å². The van der Waals surface area contributed by atoms with Gasteiger partial charge in [0.25, 0.3) is 0 Å². The summed E-state index contributed by atoms with van der Waals surface area (Å²) in [7, 11) is -3.80. The van der Waals surface area contributed by atoms with Crippen LogP contribution in [0.5, 0.6) is 0 Å². The van der Waals surface area contributed by atoms with Crippen LogP contribution >= 0.6 is 39.0 Å². The first-order valence-corrected chi connectivity index (χ1v) is 13.1. The molecule has 0 aliphatic heterocycles. The van der Waals surface area contributed by atoms with Crippen molar-refractivity contribution in [1.82, 2.24) is 9.55 Å². The Morgan fingerprint density at radius 1 is 1.27 bits per heavy atom. The minimum Gasteiger partial charge on any atom is -0.383 e. The van der Waals surface area contributed by atoms with E-state index in [2.05, 4.69) is 20.9 Å². The molecular formula is C20H17BrN4O2S3. The number of nitrogens with zero attached hydrogens (tertiary/aromatic N) is 2. The lowest BCUT2D eigenvalue weighted by atomic mass is 10.2. The molecule has 10 heteroatoms. The number of rotatable bonds is 6. The van der Waals surface area contributed by atoms with Gasteiger partial charge in [-0.1, -0.05) is 30.3 Å². The van der Waals surface area contributed by atoms with Crippen molar-refractivity contribution in [2.45, 2.75) is 20.5 Å².